The van der Waals surface area contributed by atoms with E-state index in [2.05, 4.69) is 40.3 Å². The molecule has 0 amide bonds. The number of aryl methyl sites for hydroxylation is 1. The number of hydrogen-bond acceptors (Lipinski definition) is 6. The normalized spacial score (nSPS) is 15.3. The van der Waals surface area contributed by atoms with Gasteiger partial charge in [0.15, 0.2) is 0 Å². The van der Waals surface area contributed by atoms with Crippen LogP contribution in [0.25, 0.3) is 10.2 Å². The van der Waals surface area contributed by atoms with Gasteiger partial charge in [0.2, 0.25) is 5.95 Å². The monoisotopic (exact) mass is 291 g/mol. The number of nitrogens with one attached hydrogen (secondary N) is 1. The average molecular weight is 291 g/mol. The van der Waals surface area contributed by atoms with Gasteiger partial charge in [-0.25, -0.2) is 10.8 Å². The van der Waals surface area contributed by atoms with Crippen LogP contribution in [-0.2, 0) is 6.42 Å². The van der Waals surface area contributed by atoms with Gasteiger partial charge in [0.05, 0.1) is 5.39 Å². The van der Waals surface area contributed by atoms with Crippen LogP contribution in [0, 0.1) is 5.92 Å². The van der Waals surface area contributed by atoms with Gasteiger partial charge in [-0.15, -0.1) is 11.3 Å². The number of nitrogens with zero attached hydrogens (tertiary/aromatic N) is 3. The molecule has 0 atom stereocenters. The Morgan fingerprint density at radius 3 is 2.85 bits per heavy atom. The van der Waals surface area contributed by atoms with Crippen molar-refractivity contribution in [1.82, 2.24) is 9.97 Å². The van der Waals surface area contributed by atoms with Gasteiger partial charge in [-0.2, -0.15) is 4.98 Å². The highest BCUT2D eigenvalue weighted by molar-refractivity contribution is 7.18. The SMILES string of the molecule is CCc1cc2c(N(C)CC3CCC3)nc(NN)nc2s1. The summed E-state index contributed by atoms with van der Waals surface area (Å²) in [4.78, 5) is 13.6. The fraction of sp³-hybridized carbons (Fsp3) is 0.571. The standard InChI is InChI=1S/C14H21N5S/c1-3-10-7-11-12(19(2)8-9-5-4-6-9)16-14(18-15)17-13(11)20-10/h7,9H,3-6,8,15H2,1-2H3,(H,16,17,18). The summed E-state index contributed by atoms with van der Waals surface area (Å²) in [5.41, 5.74) is 2.58. The van der Waals surface area contributed by atoms with Crippen LogP contribution >= 0.6 is 11.3 Å². The lowest BCUT2D eigenvalue weighted by Crippen LogP contribution is -2.30. The molecular formula is C14H21N5S. The maximum Gasteiger partial charge on any atom is 0.240 e. The van der Waals surface area contributed by atoms with Crippen molar-refractivity contribution >= 4 is 33.3 Å². The Kier molecular flexibility index (Phi) is 3.76. The van der Waals surface area contributed by atoms with E-state index < -0.39 is 0 Å². The van der Waals surface area contributed by atoms with Crippen LogP contribution in [0.4, 0.5) is 11.8 Å². The summed E-state index contributed by atoms with van der Waals surface area (Å²) >= 11 is 1.72. The van der Waals surface area contributed by atoms with Crippen LogP contribution in [0.2, 0.25) is 0 Å². The van der Waals surface area contributed by atoms with Crippen molar-refractivity contribution in [3.63, 3.8) is 0 Å². The molecule has 108 valence electrons. The number of nitrogens with two attached hydrogens (primary N) is 1. The molecule has 0 aromatic carbocycles. The van der Waals surface area contributed by atoms with Gasteiger partial charge in [0, 0.05) is 18.5 Å². The molecule has 3 N–H and O–H groups in total. The molecule has 0 bridgehead atoms. The molecule has 0 saturated heterocycles. The van der Waals surface area contributed by atoms with Crippen LogP contribution in [0.3, 0.4) is 0 Å². The number of aromatic nitrogens is 2. The first kappa shape index (κ1) is 13.6. The van der Waals surface area contributed by atoms with Crippen LogP contribution in [0.5, 0.6) is 0 Å². The van der Waals surface area contributed by atoms with E-state index in [1.54, 1.807) is 11.3 Å². The van der Waals surface area contributed by atoms with Crippen molar-refractivity contribution in [2.75, 3.05) is 23.9 Å². The van der Waals surface area contributed by atoms with Crippen LogP contribution < -0.4 is 16.2 Å². The zero-order valence-electron chi connectivity index (χ0n) is 12.0. The Morgan fingerprint density at radius 1 is 1.45 bits per heavy atom. The minimum Gasteiger partial charge on any atom is -0.359 e. The molecule has 1 aliphatic rings. The third-order valence-corrected chi connectivity index (χ3v) is 5.19. The van der Waals surface area contributed by atoms with Crippen molar-refractivity contribution < 1.29 is 0 Å². The lowest BCUT2D eigenvalue weighted by atomic mass is 9.85. The highest BCUT2D eigenvalue weighted by Gasteiger charge is 2.21. The molecule has 0 radical (unpaired) electrons. The summed E-state index contributed by atoms with van der Waals surface area (Å²) in [6.07, 6.45) is 5.07. The molecule has 2 aromatic rings. The van der Waals surface area contributed by atoms with Crippen molar-refractivity contribution in [2.24, 2.45) is 11.8 Å². The second-order valence-electron chi connectivity index (χ2n) is 5.48. The lowest BCUT2D eigenvalue weighted by molar-refractivity contribution is 0.321. The number of rotatable bonds is 5. The van der Waals surface area contributed by atoms with E-state index in [-0.39, 0.29) is 0 Å². The van der Waals surface area contributed by atoms with E-state index in [1.807, 2.05) is 0 Å². The largest absolute Gasteiger partial charge is 0.359 e. The summed E-state index contributed by atoms with van der Waals surface area (Å²) < 4.78 is 0. The van der Waals surface area contributed by atoms with E-state index in [9.17, 15) is 0 Å². The first-order chi connectivity index (χ1) is 9.71. The summed E-state index contributed by atoms with van der Waals surface area (Å²) in [6.45, 7) is 3.23. The van der Waals surface area contributed by atoms with E-state index in [0.717, 1.165) is 34.9 Å². The van der Waals surface area contributed by atoms with Crippen molar-refractivity contribution in [3.05, 3.63) is 10.9 Å². The molecule has 1 fully saturated rings. The highest BCUT2D eigenvalue weighted by Crippen LogP contribution is 2.34. The van der Waals surface area contributed by atoms with Crippen molar-refractivity contribution in [1.29, 1.82) is 0 Å². The number of nitrogen functional groups attached to an aromatic ring is 1. The highest BCUT2D eigenvalue weighted by atomic mass is 32.1. The molecule has 2 aromatic heterocycles. The molecule has 2 heterocycles. The fourth-order valence-electron chi connectivity index (χ4n) is 2.64. The Hall–Kier alpha value is -1.40. The third-order valence-electron chi connectivity index (χ3n) is 4.02. The summed E-state index contributed by atoms with van der Waals surface area (Å²) in [6, 6.07) is 2.22. The molecule has 5 nitrogen and oxygen atoms in total. The Labute approximate surface area is 123 Å². The topological polar surface area (TPSA) is 67.1 Å². The fourth-order valence-corrected chi connectivity index (χ4v) is 3.60. The molecule has 20 heavy (non-hydrogen) atoms. The Bertz CT molecular complexity index is 605. The second kappa shape index (κ2) is 5.54. The Balaban J connectivity index is 1.99. The molecule has 0 unspecified atom stereocenters. The number of anilines is 2. The molecule has 3 rings (SSSR count). The number of fused-ring (bicyclic) bond motifs is 1. The van der Waals surface area contributed by atoms with Crippen molar-refractivity contribution in [3.8, 4) is 0 Å². The van der Waals surface area contributed by atoms with Crippen LogP contribution in [0.1, 0.15) is 31.1 Å². The van der Waals surface area contributed by atoms with Gasteiger partial charge < -0.3 is 4.90 Å². The summed E-state index contributed by atoms with van der Waals surface area (Å²) in [5, 5.41) is 1.15. The van der Waals surface area contributed by atoms with Gasteiger partial charge >= 0.3 is 0 Å². The lowest BCUT2D eigenvalue weighted by Gasteiger charge is -2.31. The molecule has 0 spiro atoms. The maximum atomic E-state index is 5.50. The molecule has 6 heteroatoms. The Morgan fingerprint density at radius 2 is 2.25 bits per heavy atom. The molecule has 0 aliphatic heterocycles. The number of thiophene rings is 1. The number of hydrogen-bond donors (Lipinski definition) is 2. The quantitative estimate of drug-likeness (QED) is 0.655. The summed E-state index contributed by atoms with van der Waals surface area (Å²) in [7, 11) is 2.11. The number of hydrazine groups is 1. The molecular weight excluding hydrogens is 270 g/mol. The van der Waals surface area contributed by atoms with Crippen LogP contribution in [0.15, 0.2) is 6.07 Å². The third kappa shape index (κ3) is 2.45. The van der Waals surface area contributed by atoms with Crippen molar-refractivity contribution in [2.45, 2.75) is 32.6 Å². The molecule has 1 saturated carbocycles. The molecule has 1 aliphatic carbocycles. The maximum absolute atomic E-state index is 5.50. The van der Waals surface area contributed by atoms with E-state index in [1.165, 1.54) is 24.1 Å². The minimum absolute atomic E-state index is 0.498. The predicted octanol–water partition coefficient (Wildman–Crippen LogP) is 2.78. The van der Waals surface area contributed by atoms with E-state index in [4.69, 9.17) is 5.84 Å². The average Bonchev–Trinajstić information content (AvgIpc) is 2.84. The smallest absolute Gasteiger partial charge is 0.240 e. The van der Waals surface area contributed by atoms with E-state index in [0.29, 0.717) is 5.95 Å². The van der Waals surface area contributed by atoms with Gasteiger partial charge in [0.25, 0.3) is 0 Å². The second-order valence-corrected chi connectivity index (χ2v) is 6.59. The first-order valence-electron chi connectivity index (χ1n) is 7.19. The zero-order valence-corrected chi connectivity index (χ0v) is 12.8. The first-order valence-corrected chi connectivity index (χ1v) is 8.01. The van der Waals surface area contributed by atoms with Gasteiger partial charge in [-0.3, -0.25) is 5.43 Å². The van der Waals surface area contributed by atoms with Gasteiger partial charge in [-0.1, -0.05) is 13.3 Å². The van der Waals surface area contributed by atoms with E-state index >= 15 is 0 Å². The van der Waals surface area contributed by atoms with Crippen LogP contribution in [-0.4, -0.2) is 23.6 Å². The zero-order chi connectivity index (χ0) is 14.1. The minimum atomic E-state index is 0.498. The van der Waals surface area contributed by atoms with Gasteiger partial charge in [-0.05, 0) is 31.2 Å². The predicted molar refractivity (Wildman–Crippen MR) is 85.2 cm³/mol. The summed E-state index contributed by atoms with van der Waals surface area (Å²) in [5.74, 6) is 7.80. The van der Waals surface area contributed by atoms with Gasteiger partial charge in [0.1, 0.15) is 10.6 Å².